The second kappa shape index (κ2) is 6.83. The molecule has 1 atom stereocenters. The van der Waals surface area contributed by atoms with E-state index in [2.05, 4.69) is 12.2 Å². The fraction of sp³-hybridized carbons (Fsp3) is 0.917. The van der Waals surface area contributed by atoms with Crippen LogP contribution >= 0.6 is 0 Å². The zero-order chi connectivity index (χ0) is 11.1. The minimum atomic E-state index is 0.0402. The highest BCUT2D eigenvalue weighted by molar-refractivity contribution is 5.76. The van der Waals surface area contributed by atoms with Crippen molar-refractivity contribution in [2.24, 2.45) is 11.7 Å². The topological polar surface area (TPSA) is 55.1 Å². The van der Waals surface area contributed by atoms with E-state index in [-0.39, 0.29) is 11.9 Å². The number of hydrogen-bond donors (Lipinski definition) is 2. The first kappa shape index (κ1) is 12.5. The average Bonchev–Trinajstić information content (AvgIpc) is 2.96. The summed E-state index contributed by atoms with van der Waals surface area (Å²) in [5.41, 5.74) is 5.79. The molecule has 1 fully saturated rings. The third-order valence-electron chi connectivity index (χ3n) is 2.92. The van der Waals surface area contributed by atoms with Gasteiger partial charge in [0.2, 0.25) is 5.91 Å². The summed E-state index contributed by atoms with van der Waals surface area (Å²) in [4.78, 5) is 11.4. The Labute approximate surface area is 92.8 Å². The monoisotopic (exact) mass is 212 g/mol. The van der Waals surface area contributed by atoms with E-state index < -0.39 is 0 Å². The van der Waals surface area contributed by atoms with E-state index in [9.17, 15) is 4.79 Å². The summed E-state index contributed by atoms with van der Waals surface area (Å²) in [6, 6.07) is 0.0402. The molecule has 1 unspecified atom stereocenters. The summed E-state index contributed by atoms with van der Waals surface area (Å²) in [7, 11) is 0. The van der Waals surface area contributed by atoms with Crippen molar-refractivity contribution in [3.05, 3.63) is 0 Å². The van der Waals surface area contributed by atoms with Gasteiger partial charge in [0.25, 0.3) is 0 Å². The number of amides is 1. The van der Waals surface area contributed by atoms with Crippen LogP contribution in [0.5, 0.6) is 0 Å². The molecule has 3 nitrogen and oxygen atoms in total. The van der Waals surface area contributed by atoms with Gasteiger partial charge in [0.15, 0.2) is 0 Å². The predicted molar refractivity (Wildman–Crippen MR) is 62.5 cm³/mol. The van der Waals surface area contributed by atoms with Crippen LogP contribution in [0.4, 0.5) is 0 Å². The highest BCUT2D eigenvalue weighted by Gasteiger charge is 2.20. The lowest BCUT2D eigenvalue weighted by Gasteiger charge is -2.10. The normalized spacial score (nSPS) is 17.5. The molecule has 1 saturated carbocycles. The van der Waals surface area contributed by atoms with Gasteiger partial charge in [-0.2, -0.15) is 0 Å². The van der Waals surface area contributed by atoms with Crippen molar-refractivity contribution in [1.29, 1.82) is 0 Å². The van der Waals surface area contributed by atoms with E-state index in [4.69, 9.17) is 5.73 Å². The number of hydrogen-bond acceptors (Lipinski definition) is 2. The van der Waals surface area contributed by atoms with Gasteiger partial charge in [0.05, 0.1) is 0 Å². The molecule has 1 aliphatic carbocycles. The molecule has 0 aromatic carbocycles. The van der Waals surface area contributed by atoms with Crippen LogP contribution in [0, 0.1) is 5.92 Å². The summed E-state index contributed by atoms with van der Waals surface area (Å²) in [5.74, 6) is 1.08. The van der Waals surface area contributed by atoms with Crippen LogP contribution in [0.1, 0.15) is 51.9 Å². The molecule has 0 aliphatic heterocycles. The molecule has 3 heteroatoms. The van der Waals surface area contributed by atoms with Crippen LogP contribution < -0.4 is 11.1 Å². The van der Waals surface area contributed by atoms with Gasteiger partial charge in [0.1, 0.15) is 0 Å². The number of carbonyl (C=O) groups is 1. The highest BCUT2D eigenvalue weighted by Crippen LogP contribution is 2.33. The Morgan fingerprint density at radius 1 is 1.53 bits per heavy atom. The molecule has 0 bridgehead atoms. The van der Waals surface area contributed by atoms with Crippen molar-refractivity contribution in [3.63, 3.8) is 0 Å². The maximum Gasteiger partial charge on any atom is 0.221 e. The summed E-state index contributed by atoms with van der Waals surface area (Å²) in [5, 5.41) is 2.94. The van der Waals surface area contributed by atoms with Gasteiger partial charge in [-0.25, -0.2) is 0 Å². The second-order valence-electron chi connectivity index (χ2n) is 4.69. The molecule has 0 saturated heterocycles. The second-order valence-corrected chi connectivity index (χ2v) is 4.69. The Hall–Kier alpha value is -0.570. The summed E-state index contributed by atoms with van der Waals surface area (Å²) in [6.45, 7) is 2.92. The van der Waals surface area contributed by atoms with Crippen molar-refractivity contribution in [3.8, 4) is 0 Å². The van der Waals surface area contributed by atoms with E-state index in [0.29, 0.717) is 6.42 Å². The largest absolute Gasteiger partial charge is 0.356 e. The standard InChI is InChI=1S/C12H24N2O/c1-2-4-11(13)9-12(15)14-8-3-5-10-6-7-10/h10-11H,2-9,13H2,1H3,(H,14,15). The van der Waals surface area contributed by atoms with Crippen molar-refractivity contribution >= 4 is 5.91 Å². The lowest BCUT2D eigenvalue weighted by Crippen LogP contribution is -2.32. The molecule has 0 spiro atoms. The van der Waals surface area contributed by atoms with Crippen molar-refractivity contribution < 1.29 is 4.79 Å². The quantitative estimate of drug-likeness (QED) is 0.603. The summed E-state index contributed by atoms with van der Waals surface area (Å²) >= 11 is 0. The Morgan fingerprint density at radius 3 is 2.87 bits per heavy atom. The fourth-order valence-electron chi connectivity index (χ4n) is 1.81. The first-order valence-electron chi connectivity index (χ1n) is 6.24. The van der Waals surface area contributed by atoms with Gasteiger partial charge in [0, 0.05) is 19.0 Å². The van der Waals surface area contributed by atoms with Gasteiger partial charge in [-0.1, -0.05) is 26.2 Å². The third-order valence-corrected chi connectivity index (χ3v) is 2.92. The number of rotatable bonds is 8. The molecule has 88 valence electrons. The Kier molecular flexibility index (Phi) is 5.69. The molecule has 15 heavy (non-hydrogen) atoms. The van der Waals surface area contributed by atoms with Gasteiger partial charge >= 0.3 is 0 Å². The lowest BCUT2D eigenvalue weighted by atomic mass is 10.1. The molecule has 0 radical (unpaired) electrons. The van der Waals surface area contributed by atoms with Crippen molar-refractivity contribution in [2.45, 2.75) is 57.9 Å². The fourth-order valence-corrected chi connectivity index (χ4v) is 1.81. The summed E-state index contributed by atoms with van der Waals surface area (Å²) < 4.78 is 0. The van der Waals surface area contributed by atoms with Crippen LogP contribution in [-0.2, 0) is 4.79 Å². The van der Waals surface area contributed by atoms with Crippen LogP contribution in [0.2, 0.25) is 0 Å². The van der Waals surface area contributed by atoms with Crippen LogP contribution in [0.3, 0.4) is 0 Å². The van der Waals surface area contributed by atoms with E-state index in [1.54, 1.807) is 0 Å². The number of carbonyl (C=O) groups excluding carboxylic acids is 1. The van der Waals surface area contributed by atoms with Crippen molar-refractivity contribution in [2.75, 3.05) is 6.54 Å². The molecule has 1 amide bonds. The average molecular weight is 212 g/mol. The third kappa shape index (κ3) is 6.50. The van der Waals surface area contributed by atoms with Crippen LogP contribution in [0.15, 0.2) is 0 Å². The molecule has 3 N–H and O–H groups in total. The predicted octanol–water partition coefficient (Wildman–Crippen LogP) is 1.81. The minimum absolute atomic E-state index is 0.0402. The Bertz CT molecular complexity index is 190. The smallest absolute Gasteiger partial charge is 0.221 e. The van der Waals surface area contributed by atoms with Crippen molar-refractivity contribution in [1.82, 2.24) is 5.32 Å². The molecule has 1 rings (SSSR count). The first-order valence-corrected chi connectivity index (χ1v) is 6.24. The zero-order valence-corrected chi connectivity index (χ0v) is 9.80. The zero-order valence-electron chi connectivity index (χ0n) is 9.80. The maximum absolute atomic E-state index is 11.4. The van der Waals surface area contributed by atoms with Gasteiger partial charge in [-0.15, -0.1) is 0 Å². The van der Waals surface area contributed by atoms with Gasteiger partial charge in [-0.05, 0) is 25.2 Å². The molecule has 0 heterocycles. The maximum atomic E-state index is 11.4. The molecular formula is C12H24N2O. The minimum Gasteiger partial charge on any atom is -0.356 e. The van der Waals surface area contributed by atoms with Gasteiger partial charge < -0.3 is 11.1 Å². The number of nitrogens with one attached hydrogen (secondary N) is 1. The lowest BCUT2D eigenvalue weighted by molar-refractivity contribution is -0.121. The molecular weight excluding hydrogens is 188 g/mol. The molecule has 0 aromatic rings. The Balaban J connectivity index is 1.92. The van der Waals surface area contributed by atoms with E-state index in [1.165, 1.54) is 19.3 Å². The first-order chi connectivity index (χ1) is 7.22. The Morgan fingerprint density at radius 2 is 2.27 bits per heavy atom. The van der Waals surface area contributed by atoms with E-state index >= 15 is 0 Å². The van der Waals surface area contributed by atoms with Gasteiger partial charge in [-0.3, -0.25) is 4.79 Å². The number of nitrogens with two attached hydrogens (primary N) is 1. The van der Waals surface area contributed by atoms with E-state index in [1.807, 2.05) is 0 Å². The summed E-state index contributed by atoms with van der Waals surface area (Å²) in [6.07, 6.45) is 7.67. The van der Waals surface area contributed by atoms with Crippen LogP contribution in [0.25, 0.3) is 0 Å². The van der Waals surface area contributed by atoms with Crippen LogP contribution in [-0.4, -0.2) is 18.5 Å². The highest BCUT2D eigenvalue weighted by atomic mass is 16.1. The molecule has 0 aromatic heterocycles. The molecule has 1 aliphatic rings. The SMILES string of the molecule is CCCC(N)CC(=O)NCCCC1CC1. The van der Waals surface area contributed by atoms with E-state index in [0.717, 1.165) is 31.7 Å².